The largest absolute Gasteiger partial charge is 0.335 e. The number of carbonyl (C=O) groups is 1. The highest BCUT2D eigenvalue weighted by Gasteiger charge is 2.26. The summed E-state index contributed by atoms with van der Waals surface area (Å²) < 4.78 is 0. The number of amides is 2. The van der Waals surface area contributed by atoms with Gasteiger partial charge < -0.3 is 10.2 Å². The zero-order valence-corrected chi connectivity index (χ0v) is 13.5. The summed E-state index contributed by atoms with van der Waals surface area (Å²) in [6.07, 6.45) is 6.35. The third-order valence-corrected chi connectivity index (χ3v) is 4.47. The fraction of sp³-hybridized carbons (Fsp3) is 0.368. The van der Waals surface area contributed by atoms with Crippen LogP contribution in [0.4, 0.5) is 4.79 Å². The molecular weight excluding hydrogens is 286 g/mol. The highest BCUT2D eigenvalue weighted by molar-refractivity contribution is 5.75. The number of nitrogens with one attached hydrogen (secondary N) is 1. The Kier molecular flexibility index (Phi) is 4.91. The van der Waals surface area contributed by atoms with Gasteiger partial charge in [0.05, 0.1) is 5.69 Å². The van der Waals surface area contributed by atoms with E-state index in [1.54, 1.807) is 11.1 Å². The molecule has 0 radical (unpaired) electrons. The average molecular weight is 309 g/mol. The number of aromatic nitrogens is 1. The first kappa shape index (κ1) is 15.5. The predicted molar refractivity (Wildman–Crippen MR) is 91.1 cm³/mol. The molecule has 1 aromatic heterocycles. The molecule has 0 saturated heterocycles. The molecule has 2 aromatic rings. The van der Waals surface area contributed by atoms with Gasteiger partial charge in [-0.3, -0.25) is 4.98 Å². The van der Waals surface area contributed by atoms with Crippen LogP contribution < -0.4 is 5.32 Å². The minimum absolute atomic E-state index is 0.0311. The molecule has 1 unspecified atom stereocenters. The van der Waals surface area contributed by atoms with E-state index in [0.717, 1.165) is 24.1 Å². The van der Waals surface area contributed by atoms with Gasteiger partial charge in [-0.1, -0.05) is 49.2 Å². The molecule has 1 aliphatic carbocycles. The van der Waals surface area contributed by atoms with Crippen LogP contribution >= 0.6 is 0 Å². The van der Waals surface area contributed by atoms with Crippen molar-refractivity contribution >= 4 is 6.03 Å². The molecule has 2 amide bonds. The molecule has 120 valence electrons. The zero-order chi connectivity index (χ0) is 16.1. The van der Waals surface area contributed by atoms with E-state index in [9.17, 15) is 4.79 Å². The van der Waals surface area contributed by atoms with Crippen molar-refractivity contribution in [3.05, 3.63) is 66.0 Å². The smallest absolute Gasteiger partial charge is 0.318 e. The van der Waals surface area contributed by atoms with Crippen LogP contribution in [0.2, 0.25) is 0 Å². The molecule has 1 heterocycles. The van der Waals surface area contributed by atoms with Crippen LogP contribution in [-0.2, 0) is 0 Å². The topological polar surface area (TPSA) is 45.2 Å². The maximum atomic E-state index is 12.7. The Balaban J connectivity index is 1.84. The summed E-state index contributed by atoms with van der Waals surface area (Å²) in [5, 5.41) is 3.16. The molecule has 1 aromatic carbocycles. The van der Waals surface area contributed by atoms with Gasteiger partial charge in [-0.25, -0.2) is 4.79 Å². The Morgan fingerprint density at radius 1 is 1.13 bits per heavy atom. The van der Waals surface area contributed by atoms with Crippen LogP contribution in [0.3, 0.4) is 0 Å². The summed E-state index contributed by atoms with van der Waals surface area (Å²) in [5.41, 5.74) is 1.94. The van der Waals surface area contributed by atoms with E-state index in [4.69, 9.17) is 0 Å². The first-order valence-electron chi connectivity index (χ1n) is 8.25. The van der Waals surface area contributed by atoms with Crippen LogP contribution in [0.5, 0.6) is 0 Å². The molecule has 3 rings (SSSR count). The second-order valence-corrected chi connectivity index (χ2v) is 6.11. The lowest BCUT2D eigenvalue weighted by molar-refractivity contribution is 0.193. The molecule has 1 aliphatic rings. The third-order valence-electron chi connectivity index (χ3n) is 4.47. The van der Waals surface area contributed by atoms with Crippen molar-refractivity contribution in [1.29, 1.82) is 0 Å². The summed E-state index contributed by atoms with van der Waals surface area (Å²) in [7, 11) is 1.84. The van der Waals surface area contributed by atoms with Crippen molar-refractivity contribution < 1.29 is 4.79 Å². The molecule has 1 N–H and O–H groups in total. The van der Waals surface area contributed by atoms with Gasteiger partial charge in [-0.05, 0) is 30.5 Å². The van der Waals surface area contributed by atoms with Crippen LogP contribution in [0.15, 0.2) is 54.7 Å². The molecule has 0 spiro atoms. The summed E-state index contributed by atoms with van der Waals surface area (Å²) in [6, 6.07) is 16.0. The van der Waals surface area contributed by atoms with Crippen LogP contribution in [0.1, 0.15) is 43.0 Å². The molecule has 0 bridgehead atoms. The molecule has 4 heteroatoms. The molecule has 0 aliphatic heterocycles. The van der Waals surface area contributed by atoms with E-state index >= 15 is 0 Å². The molecule has 4 nitrogen and oxygen atoms in total. The number of pyridine rings is 1. The van der Waals surface area contributed by atoms with Gasteiger partial charge in [0.15, 0.2) is 0 Å². The lowest BCUT2D eigenvalue weighted by atomic mass is 10.0. The lowest BCUT2D eigenvalue weighted by Gasteiger charge is -2.29. The van der Waals surface area contributed by atoms with Crippen molar-refractivity contribution in [2.75, 3.05) is 7.05 Å². The van der Waals surface area contributed by atoms with Crippen molar-refractivity contribution in [3.8, 4) is 0 Å². The van der Waals surface area contributed by atoms with Gasteiger partial charge in [-0.15, -0.1) is 0 Å². The standard InChI is InChI=1S/C19H23N3O/c1-22(19(23)21-16-11-5-6-12-16)18(15-9-3-2-4-10-15)17-13-7-8-14-20-17/h2-4,7-10,13-14,16,18H,5-6,11-12H2,1H3,(H,21,23). The van der Waals surface area contributed by atoms with Gasteiger partial charge >= 0.3 is 6.03 Å². The number of hydrogen-bond acceptors (Lipinski definition) is 2. The maximum absolute atomic E-state index is 12.7. The average Bonchev–Trinajstić information content (AvgIpc) is 3.10. The van der Waals surface area contributed by atoms with Gasteiger partial charge in [-0.2, -0.15) is 0 Å². The van der Waals surface area contributed by atoms with E-state index in [0.29, 0.717) is 6.04 Å². The maximum Gasteiger partial charge on any atom is 0.318 e. The van der Waals surface area contributed by atoms with Crippen molar-refractivity contribution in [1.82, 2.24) is 15.2 Å². The van der Waals surface area contributed by atoms with E-state index in [1.807, 2.05) is 55.6 Å². The van der Waals surface area contributed by atoms with Crippen LogP contribution in [0, 0.1) is 0 Å². The van der Waals surface area contributed by atoms with E-state index in [1.165, 1.54) is 12.8 Å². The minimum Gasteiger partial charge on any atom is -0.335 e. The van der Waals surface area contributed by atoms with Crippen molar-refractivity contribution in [2.24, 2.45) is 0 Å². The van der Waals surface area contributed by atoms with Crippen LogP contribution in [-0.4, -0.2) is 29.0 Å². The quantitative estimate of drug-likeness (QED) is 0.934. The normalized spacial score (nSPS) is 16.0. The van der Waals surface area contributed by atoms with Gasteiger partial charge in [0.2, 0.25) is 0 Å². The lowest BCUT2D eigenvalue weighted by Crippen LogP contribution is -2.44. The fourth-order valence-electron chi connectivity index (χ4n) is 3.23. The number of carbonyl (C=O) groups excluding carboxylic acids is 1. The molecule has 1 fully saturated rings. The minimum atomic E-state index is -0.182. The van der Waals surface area contributed by atoms with Gasteiger partial charge in [0.25, 0.3) is 0 Å². The Morgan fingerprint density at radius 3 is 2.48 bits per heavy atom. The number of benzene rings is 1. The summed E-state index contributed by atoms with van der Waals surface area (Å²) in [6.45, 7) is 0. The number of hydrogen-bond donors (Lipinski definition) is 1. The van der Waals surface area contributed by atoms with Crippen molar-refractivity contribution in [2.45, 2.75) is 37.8 Å². The predicted octanol–water partition coefficient (Wildman–Crippen LogP) is 3.76. The van der Waals surface area contributed by atoms with E-state index in [2.05, 4.69) is 10.3 Å². The van der Waals surface area contributed by atoms with E-state index < -0.39 is 0 Å². The number of urea groups is 1. The fourth-order valence-corrected chi connectivity index (χ4v) is 3.23. The molecule has 1 saturated carbocycles. The molecular formula is C19H23N3O. The van der Waals surface area contributed by atoms with Crippen LogP contribution in [0.25, 0.3) is 0 Å². The third kappa shape index (κ3) is 3.70. The first-order chi connectivity index (χ1) is 11.3. The summed E-state index contributed by atoms with van der Waals surface area (Å²) in [4.78, 5) is 18.9. The summed E-state index contributed by atoms with van der Waals surface area (Å²) in [5.74, 6) is 0. The Labute approximate surface area is 137 Å². The Bertz CT molecular complexity index is 584. The van der Waals surface area contributed by atoms with Gasteiger partial charge in [0.1, 0.15) is 6.04 Å². The zero-order valence-electron chi connectivity index (χ0n) is 13.5. The molecule has 1 atom stereocenters. The first-order valence-corrected chi connectivity index (χ1v) is 8.25. The molecule has 23 heavy (non-hydrogen) atoms. The highest BCUT2D eigenvalue weighted by Crippen LogP contribution is 2.26. The number of rotatable bonds is 4. The second-order valence-electron chi connectivity index (χ2n) is 6.11. The van der Waals surface area contributed by atoms with Gasteiger partial charge in [0, 0.05) is 19.3 Å². The number of nitrogens with zero attached hydrogens (tertiary/aromatic N) is 2. The second kappa shape index (κ2) is 7.27. The van der Waals surface area contributed by atoms with E-state index in [-0.39, 0.29) is 12.1 Å². The Hall–Kier alpha value is -2.36. The summed E-state index contributed by atoms with van der Waals surface area (Å²) >= 11 is 0. The monoisotopic (exact) mass is 309 g/mol. The SMILES string of the molecule is CN(C(=O)NC1CCCC1)C(c1ccccc1)c1ccccn1. The Morgan fingerprint density at radius 2 is 1.83 bits per heavy atom. The highest BCUT2D eigenvalue weighted by atomic mass is 16.2. The van der Waals surface area contributed by atoms with Crippen molar-refractivity contribution in [3.63, 3.8) is 0 Å².